The fraction of sp³-hybridized carbons (Fsp3) is 0.0714. The lowest BCUT2D eigenvalue weighted by Gasteiger charge is -2.10. The van der Waals surface area contributed by atoms with Crippen LogP contribution in [0.4, 0.5) is 5.69 Å². The zero-order chi connectivity index (χ0) is 13.0. The Morgan fingerprint density at radius 1 is 1.11 bits per heavy atom. The maximum absolute atomic E-state index is 10.6. The van der Waals surface area contributed by atoms with Crippen molar-refractivity contribution in [2.24, 2.45) is 0 Å². The molecule has 0 unspecified atom stereocenters. The first kappa shape index (κ1) is 12.6. The number of hydrogen-bond donors (Lipinski definition) is 2. The van der Waals surface area contributed by atoms with Crippen molar-refractivity contribution in [2.45, 2.75) is 0 Å². The predicted octanol–water partition coefficient (Wildman–Crippen LogP) is 3.61. The Hall–Kier alpha value is -1.81. The lowest BCUT2D eigenvalue weighted by Crippen LogP contribution is -2.12. The van der Waals surface area contributed by atoms with E-state index in [2.05, 4.69) is 21.2 Å². The summed E-state index contributed by atoms with van der Waals surface area (Å²) in [5.41, 5.74) is 2.86. The van der Waals surface area contributed by atoms with Crippen LogP contribution in [0, 0.1) is 0 Å². The topological polar surface area (TPSA) is 49.3 Å². The zero-order valence-corrected chi connectivity index (χ0v) is 11.1. The Kier molecular flexibility index (Phi) is 3.99. The van der Waals surface area contributed by atoms with Crippen LogP contribution in [0.2, 0.25) is 0 Å². The molecule has 0 radical (unpaired) electrons. The molecule has 0 saturated carbocycles. The number of halogens is 1. The number of anilines is 1. The highest BCUT2D eigenvalue weighted by molar-refractivity contribution is 9.10. The summed E-state index contributed by atoms with van der Waals surface area (Å²) in [6.07, 6.45) is 0. The van der Waals surface area contributed by atoms with Gasteiger partial charge in [-0.05, 0) is 23.8 Å². The van der Waals surface area contributed by atoms with Crippen molar-refractivity contribution in [3.63, 3.8) is 0 Å². The molecule has 0 atom stereocenters. The van der Waals surface area contributed by atoms with Gasteiger partial charge in [0, 0.05) is 15.7 Å². The lowest BCUT2D eigenvalue weighted by atomic mass is 10.0. The maximum atomic E-state index is 10.6. The number of para-hydroxylation sites is 1. The molecule has 2 aromatic carbocycles. The molecule has 4 heteroatoms. The molecule has 0 amide bonds. The molecule has 0 saturated heterocycles. The molecule has 2 aromatic rings. The zero-order valence-electron chi connectivity index (χ0n) is 9.56. The summed E-state index contributed by atoms with van der Waals surface area (Å²) in [4.78, 5) is 10.6. The van der Waals surface area contributed by atoms with Crippen molar-refractivity contribution in [3.05, 3.63) is 53.0 Å². The highest BCUT2D eigenvalue weighted by Gasteiger charge is 2.05. The fourth-order valence-corrected chi connectivity index (χ4v) is 1.95. The van der Waals surface area contributed by atoms with Gasteiger partial charge < -0.3 is 10.4 Å². The number of rotatable bonds is 4. The smallest absolute Gasteiger partial charge is 0.322 e. The van der Waals surface area contributed by atoms with Gasteiger partial charge in [-0.15, -0.1) is 0 Å². The van der Waals surface area contributed by atoms with E-state index in [1.165, 1.54) is 0 Å². The van der Waals surface area contributed by atoms with E-state index in [9.17, 15) is 4.79 Å². The number of carboxylic acids is 1. The first-order valence-corrected chi connectivity index (χ1v) is 6.27. The largest absolute Gasteiger partial charge is 0.480 e. The average Bonchev–Trinajstić information content (AvgIpc) is 2.38. The Bertz CT molecular complexity index is 552. The molecule has 18 heavy (non-hydrogen) atoms. The Balaban J connectivity index is 2.32. The van der Waals surface area contributed by atoms with Crippen LogP contribution in [0.3, 0.4) is 0 Å². The second-order valence-electron chi connectivity index (χ2n) is 3.80. The minimum Gasteiger partial charge on any atom is -0.480 e. The molecule has 0 fully saturated rings. The van der Waals surface area contributed by atoms with Crippen LogP contribution in [0.15, 0.2) is 53.0 Å². The molecule has 0 spiro atoms. The first-order valence-electron chi connectivity index (χ1n) is 5.47. The highest BCUT2D eigenvalue weighted by atomic mass is 79.9. The number of carboxylic acid groups (broad SMARTS) is 1. The van der Waals surface area contributed by atoms with Gasteiger partial charge in [0.15, 0.2) is 0 Å². The second-order valence-corrected chi connectivity index (χ2v) is 4.72. The van der Waals surface area contributed by atoms with Crippen LogP contribution in [0.1, 0.15) is 0 Å². The third-order valence-electron chi connectivity index (χ3n) is 2.51. The van der Waals surface area contributed by atoms with Crippen molar-refractivity contribution >= 4 is 27.6 Å². The van der Waals surface area contributed by atoms with E-state index >= 15 is 0 Å². The molecular weight excluding hydrogens is 294 g/mol. The van der Waals surface area contributed by atoms with Gasteiger partial charge in [-0.1, -0.05) is 46.3 Å². The average molecular weight is 306 g/mol. The highest BCUT2D eigenvalue weighted by Crippen LogP contribution is 2.28. The Labute approximate surface area is 114 Å². The Morgan fingerprint density at radius 3 is 2.44 bits per heavy atom. The molecule has 0 aromatic heterocycles. The van der Waals surface area contributed by atoms with Crippen LogP contribution in [0.25, 0.3) is 11.1 Å². The third-order valence-corrected chi connectivity index (χ3v) is 3.04. The Morgan fingerprint density at radius 2 is 1.78 bits per heavy atom. The molecule has 92 valence electrons. The van der Waals surface area contributed by atoms with E-state index < -0.39 is 5.97 Å². The molecule has 0 aliphatic heterocycles. The van der Waals surface area contributed by atoms with Crippen LogP contribution in [0.5, 0.6) is 0 Å². The third kappa shape index (κ3) is 3.11. The van der Waals surface area contributed by atoms with Crippen LogP contribution < -0.4 is 5.32 Å². The van der Waals surface area contributed by atoms with E-state index in [0.29, 0.717) is 0 Å². The molecule has 0 bridgehead atoms. The first-order chi connectivity index (χ1) is 8.66. The van der Waals surface area contributed by atoms with E-state index in [1.807, 2.05) is 48.5 Å². The second kappa shape index (κ2) is 5.69. The van der Waals surface area contributed by atoms with Gasteiger partial charge >= 0.3 is 5.97 Å². The van der Waals surface area contributed by atoms with E-state index in [1.54, 1.807) is 0 Å². The molecule has 2 rings (SSSR count). The minimum absolute atomic E-state index is 0.0897. The minimum atomic E-state index is -0.874. The van der Waals surface area contributed by atoms with Crippen molar-refractivity contribution in [1.29, 1.82) is 0 Å². The molecule has 3 nitrogen and oxygen atoms in total. The fourth-order valence-electron chi connectivity index (χ4n) is 1.69. The summed E-state index contributed by atoms with van der Waals surface area (Å²) in [5.74, 6) is -0.874. The summed E-state index contributed by atoms with van der Waals surface area (Å²) < 4.78 is 1.02. The number of nitrogens with one attached hydrogen (secondary N) is 1. The van der Waals surface area contributed by atoms with Crippen LogP contribution in [-0.2, 0) is 4.79 Å². The summed E-state index contributed by atoms with van der Waals surface area (Å²) in [7, 11) is 0. The van der Waals surface area contributed by atoms with Gasteiger partial charge in [0.25, 0.3) is 0 Å². The lowest BCUT2D eigenvalue weighted by molar-refractivity contribution is -0.134. The summed E-state index contributed by atoms with van der Waals surface area (Å²) in [5, 5.41) is 11.6. The normalized spacial score (nSPS) is 10.1. The van der Waals surface area contributed by atoms with Crippen molar-refractivity contribution in [3.8, 4) is 11.1 Å². The summed E-state index contributed by atoms with van der Waals surface area (Å²) in [6, 6.07) is 15.6. The van der Waals surface area contributed by atoms with Crippen LogP contribution in [-0.4, -0.2) is 17.6 Å². The quantitative estimate of drug-likeness (QED) is 0.907. The summed E-state index contributed by atoms with van der Waals surface area (Å²) >= 11 is 3.39. The summed E-state index contributed by atoms with van der Waals surface area (Å²) in [6.45, 7) is -0.0897. The van der Waals surface area contributed by atoms with Gasteiger partial charge in [0.2, 0.25) is 0 Å². The molecule has 2 N–H and O–H groups in total. The van der Waals surface area contributed by atoms with Gasteiger partial charge in [-0.25, -0.2) is 0 Å². The molecule has 0 heterocycles. The number of aliphatic carboxylic acids is 1. The predicted molar refractivity (Wildman–Crippen MR) is 75.7 cm³/mol. The van der Waals surface area contributed by atoms with Crippen molar-refractivity contribution in [2.75, 3.05) is 11.9 Å². The molecule has 0 aliphatic rings. The SMILES string of the molecule is O=C(O)CNc1ccccc1-c1ccc(Br)cc1. The maximum Gasteiger partial charge on any atom is 0.322 e. The van der Waals surface area contributed by atoms with Crippen LogP contribution >= 0.6 is 15.9 Å². The monoisotopic (exact) mass is 305 g/mol. The number of carbonyl (C=O) groups is 1. The standard InChI is InChI=1S/C14H12BrNO2/c15-11-7-5-10(6-8-11)12-3-1-2-4-13(12)16-9-14(17)18/h1-8,16H,9H2,(H,17,18). The van der Waals surface area contributed by atoms with E-state index in [4.69, 9.17) is 5.11 Å². The van der Waals surface area contributed by atoms with Gasteiger partial charge in [0.1, 0.15) is 6.54 Å². The van der Waals surface area contributed by atoms with Gasteiger partial charge in [-0.3, -0.25) is 4.79 Å². The van der Waals surface area contributed by atoms with Gasteiger partial charge in [-0.2, -0.15) is 0 Å². The van der Waals surface area contributed by atoms with E-state index in [0.717, 1.165) is 21.3 Å². The van der Waals surface area contributed by atoms with E-state index in [-0.39, 0.29) is 6.54 Å². The van der Waals surface area contributed by atoms with Crippen molar-refractivity contribution < 1.29 is 9.90 Å². The number of hydrogen-bond acceptors (Lipinski definition) is 2. The number of benzene rings is 2. The molecular formula is C14H12BrNO2. The van der Waals surface area contributed by atoms with Gasteiger partial charge in [0.05, 0.1) is 0 Å². The molecule has 0 aliphatic carbocycles. The van der Waals surface area contributed by atoms with Crippen molar-refractivity contribution in [1.82, 2.24) is 0 Å².